The third kappa shape index (κ3) is 4.04. The van der Waals surface area contributed by atoms with E-state index in [9.17, 15) is 4.79 Å². The molecule has 108 valence electrons. The van der Waals surface area contributed by atoms with Crippen LogP contribution in [0.15, 0.2) is 11.4 Å². The molecular weight excluding hydrogens is 272 g/mol. The van der Waals surface area contributed by atoms with Crippen LogP contribution in [0.5, 0.6) is 0 Å². The number of thiophene rings is 1. The van der Waals surface area contributed by atoms with E-state index in [0.29, 0.717) is 17.0 Å². The Bertz CT molecular complexity index is 486. The highest BCUT2D eigenvalue weighted by Gasteiger charge is 2.16. The van der Waals surface area contributed by atoms with Crippen LogP contribution in [-0.4, -0.2) is 55.0 Å². The Morgan fingerprint density at radius 3 is 2.75 bits per heavy atom. The lowest BCUT2D eigenvalue weighted by molar-refractivity contribution is -0.116. The van der Waals surface area contributed by atoms with Gasteiger partial charge in [0.05, 0.1) is 5.56 Å². The van der Waals surface area contributed by atoms with Crippen LogP contribution in [0.3, 0.4) is 0 Å². The van der Waals surface area contributed by atoms with Crippen LogP contribution in [0.1, 0.15) is 18.9 Å². The van der Waals surface area contributed by atoms with Gasteiger partial charge in [-0.2, -0.15) is 5.26 Å². The monoisotopic (exact) mass is 292 g/mol. The fraction of sp³-hybridized carbons (Fsp3) is 0.571. The number of anilines is 1. The van der Waals surface area contributed by atoms with Crippen molar-refractivity contribution < 1.29 is 4.79 Å². The van der Waals surface area contributed by atoms with E-state index in [4.69, 9.17) is 5.26 Å². The predicted molar refractivity (Wildman–Crippen MR) is 80.8 cm³/mol. The molecule has 1 aliphatic rings. The molecule has 0 bridgehead atoms. The number of carbonyl (C=O) groups excluding carboxylic acids is 1. The Morgan fingerprint density at radius 1 is 1.40 bits per heavy atom. The number of hydrogen-bond donors (Lipinski definition) is 1. The van der Waals surface area contributed by atoms with Gasteiger partial charge in [-0.3, -0.25) is 4.79 Å². The van der Waals surface area contributed by atoms with Crippen molar-refractivity contribution in [3.05, 3.63) is 17.0 Å². The Labute approximate surface area is 123 Å². The molecule has 1 fully saturated rings. The molecule has 0 aliphatic carbocycles. The quantitative estimate of drug-likeness (QED) is 0.895. The summed E-state index contributed by atoms with van der Waals surface area (Å²) in [6, 6.07) is 3.80. The molecule has 1 saturated heterocycles. The molecule has 2 heterocycles. The molecule has 1 aromatic heterocycles. The second-order valence-corrected chi connectivity index (χ2v) is 5.77. The third-order valence-corrected chi connectivity index (χ3v) is 4.44. The van der Waals surface area contributed by atoms with E-state index in [1.54, 1.807) is 6.07 Å². The Balaban J connectivity index is 1.72. The summed E-state index contributed by atoms with van der Waals surface area (Å²) in [5, 5.41) is 14.2. The number of likely N-dealkylation sites (N-methyl/N-ethyl adjacent to an activating group) is 1. The van der Waals surface area contributed by atoms with Crippen LogP contribution in [0, 0.1) is 11.3 Å². The first-order valence-corrected chi connectivity index (χ1v) is 7.83. The zero-order chi connectivity index (χ0) is 14.4. The standard InChI is InChI=1S/C14H20N4OS/c1-2-17-6-8-18(9-7-17)5-3-13(19)16-14-12(11-15)4-10-20-14/h4,10H,2-3,5-9H2,1H3,(H,16,19). The number of carbonyl (C=O) groups is 1. The molecule has 0 saturated carbocycles. The Kier molecular flexibility index (Phi) is 5.53. The van der Waals surface area contributed by atoms with Gasteiger partial charge in [0.15, 0.2) is 0 Å². The van der Waals surface area contributed by atoms with Gasteiger partial charge < -0.3 is 15.1 Å². The summed E-state index contributed by atoms with van der Waals surface area (Å²) in [5.41, 5.74) is 0.542. The maximum atomic E-state index is 11.9. The highest BCUT2D eigenvalue weighted by molar-refractivity contribution is 7.14. The van der Waals surface area contributed by atoms with Gasteiger partial charge in [0, 0.05) is 39.1 Å². The molecule has 0 atom stereocenters. The van der Waals surface area contributed by atoms with E-state index < -0.39 is 0 Å². The van der Waals surface area contributed by atoms with Crippen LogP contribution < -0.4 is 5.32 Å². The molecule has 1 aromatic rings. The van der Waals surface area contributed by atoms with E-state index >= 15 is 0 Å². The van der Waals surface area contributed by atoms with E-state index in [1.807, 2.05) is 5.38 Å². The molecular formula is C14H20N4OS. The topological polar surface area (TPSA) is 59.4 Å². The molecule has 0 unspecified atom stereocenters. The SMILES string of the molecule is CCN1CCN(CCC(=O)Nc2sccc2C#N)CC1. The first kappa shape index (κ1) is 15.0. The van der Waals surface area contributed by atoms with E-state index in [0.717, 1.165) is 39.3 Å². The minimum Gasteiger partial charge on any atom is -0.317 e. The van der Waals surface area contributed by atoms with Gasteiger partial charge in [-0.1, -0.05) is 6.92 Å². The van der Waals surface area contributed by atoms with Crippen molar-refractivity contribution in [2.75, 3.05) is 44.6 Å². The molecule has 6 heteroatoms. The minimum absolute atomic E-state index is 0.0122. The van der Waals surface area contributed by atoms with Crippen molar-refractivity contribution in [1.82, 2.24) is 9.80 Å². The molecule has 0 aromatic carbocycles. The molecule has 20 heavy (non-hydrogen) atoms. The molecule has 0 spiro atoms. The van der Waals surface area contributed by atoms with Crippen LogP contribution in [0.4, 0.5) is 5.00 Å². The molecule has 1 amide bonds. The average Bonchev–Trinajstić information content (AvgIpc) is 2.92. The van der Waals surface area contributed by atoms with Gasteiger partial charge >= 0.3 is 0 Å². The first-order valence-electron chi connectivity index (χ1n) is 6.95. The highest BCUT2D eigenvalue weighted by atomic mass is 32.1. The van der Waals surface area contributed by atoms with Crippen LogP contribution >= 0.6 is 11.3 Å². The second-order valence-electron chi connectivity index (χ2n) is 4.85. The molecule has 2 rings (SSSR count). The summed E-state index contributed by atoms with van der Waals surface area (Å²) in [6.45, 7) is 8.30. The maximum Gasteiger partial charge on any atom is 0.226 e. The summed E-state index contributed by atoms with van der Waals surface area (Å²) >= 11 is 1.39. The highest BCUT2D eigenvalue weighted by Crippen LogP contribution is 2.22. The molecule has 1 N–H and O–H groups in total. The maximum absolute atomic E-state index is 11.9. The molecule has 0 radical (unpaired) electrons. The zero-order valence-corrected chi connectivity index (χ0v) is 12.6. The molecule has 1 aliphatic heterocycles. The second kappa shape index (κ2) is 7.39. The van der Waals surface area contributed by atoms with E-state index in [1.165, 1.54) is 11.3 Å². The van der Waals surface area contributed by atoms with E-state index in [2.05, 4.69) is 28.1 Å². The van der Waals surface area contributed by atoms with Crippen LogP contribution in [0.2, 0.25) is 0 Å². The number of piperazine rings is 1. The van der Waals surface area contributed by atoms with Crippen molar-refractivity contribution in [1.29, 1.82) is 5.26 Å². The van der Waals surface area contributed by atoms with Crippen molar-refractivity contribution in [2.45, 2.75) is 13.3 Å². The predicted octanol–water partition coefficient (Wildman–Crippen LogP) is 1.59. The van der Waals surface area contributed by atoms with Crippen LogP contribution in [0.25, 0.3) is 0 Å². The summed E-state index contributed by atoms with van der Waals surface area (Å²) in [7, 11) is 0. The molecule has 5 nitrogen and oxygen atoms in total. The first-order chi connectivity index (χ1) is 9.72. The summed E-state index contributed by atoms with van der Waals surface area (Å²) in [5.74, 6) is -0.0122. The fourth-order valence-corrected chi connectivity index (χ4v) is 3.03. The van der Waals surface area contributed by atoms with Gasteiger partial charge in [-0.15, -0.1) is 11.3 Å². The third-order valence-electron chi connectivity index (χ3n) is 3.61. The number of nitriles is 1. The normalized spacial score (nSPS) is 16.8. The largest absolute Gasteiger partial charge is 0.317 e. The summed E-state index contributed by atoms with van der Waals surface area (Å²) in [6.07, 6.45) is 0.481. The average molecular weight is 292 g/mol. The minimum atomic E-state index is -0.0122. The number of nitrogens with zero attached hydrogens (tertiary/aromatic N) is 3. The summed E-state index contributed by atoms with van der Waals surface area (Å²) in [4.78, 5) is 16.6. The van der Waals surface area contributed by atoms with Crippen molar-refractivity contribution >= 4 is 22.2 Å². The zero-order valence-electron chi connectivity index (χ0n) is 11.8. The lowest BCUT2D eigenvalue weighted by Gasteiger charge is -2.33. The summed E-state index contributed by atoms with van der Waals surface area (Å²) < 4.78 is 0. The van der Waals surface area contributed by atoms with Gasteiger partial charge in [0.2, 0.25) is 5.91 Å². The lowest BCUT2D eigenvalue weighted by Crippen LogP contribution is -2.46. The van der Waals surface area contributed by atoms with Crippen LogP contribution in [-0.2, 0) is 4.79 Å². The van der Waals surface area contributed by atoms with Gasteiger partial charge in [-0.25, -0.2) is 0 Å². The number of rotatable bonds is 5. The number of hydrogen-bond acceptors (Lipinski definition) is 5. The Hall–Kier alpha value is -1.42. The number of nitrogens with one attached hydrogen (secondary N) is 1. The van der Waals surface area contributed by atoms with E-state index in [-0.39, 0.29) is 5.91 Å². The van der Waals surface area contributed by atoms with Crippen molar-refractivity contribution in [3.63, 3.8) is 0 Å². The fourth-order valence-electron chi connectivity index (χ4n) is 2.27. The Morgan fingerprint density at radius 2 is 2.10 bits per heavy atom. The number of amides is 1. The van der Waals surface area contributed by atoms with Crippen molar-refractivity contribution in [2.24, 2.45) is 0 Å². The van der Waals surface area contributed by atoms with Gasteiger partial charge in [0.1, 0.15) is 11.1 Å². The van der Waals surface area contributed by atoms with Gasteiger partial charge in [0.25, 0.3) is 0 Å². The smallest absolute Gasteiger partial charge is 0.226 e. The lowest BCUT2D eigenvalue weighted by atomic mass is 10.2. The van der Waals surface area contributed by atoms with Crippen molar-refractivity contribution in [3.8, 4) is 6.07 Å². The van der Waals surface area contributed by atoms with Gasteiger partial charge in [-0.05, 0) is 18.0 Å².